The molecule has 1 aromatic carbocycles. The van der Waals surface area contributed by atoms with Crippen molar-refractivity contribution in [3.05, 3.63) is 41.4 Å². The zero-order valence-corrected chi connectivity index (χ0v) is 11.0. The number of imidazole rings is 1. The molecule has 20 heavy (non-hydrogen) atoms. The summed E-state index contributed by atoms with van der Waals surface area (Å²) in [6, 6.07) is 2.98. The lowest BCUT2D eigenvalue weighted by Crippen LogP contribution is -2.09. The number of benzene rings is 1. The van der Waals surface area contributed by atoms with Gasteiger partial charge >= 0.3 is 5.97 Å². The molecule has 0 radical (unpaired) electrons. The van der Waals surface area contributed by atoms with E-state index < -0.39 is 17.6 Å². The lowest BCUT2D eigenvalue weighted by atomic mass is 10.2. The number of halogens is 2. The van der Waals surface area contributed by atoms with E-state index >= 15 is 0 Å². The highest BCUT2D eigenvalue weighted by molar-refractivity contribution is 5.92. The van der Waals surface area contributed by atoms with E-state index in [1.165, 1.54) is 11.7 Å². The third-order valence-electron chi connectivity index (χ3n) is 2.83. The van der Waals surface area contributed by atoms with Gasteiger partial charge in [0.2, 0.25) is 0 Å². The summed E-state index contributed by atoms with van der Waals surface area (Å²) in [5.41, 5.74) is 5.60. The van der Waals surface area contributed by atoms with Crippen molar-refractivity contribution in [1.29, 1.82) is 0 Å². The quantitative estimate of drug-likeness (QED) is 0.874. The normalized spacial score (nSPS) is 10.6. The van der Waals surface area contributed by atoms with Gasteiger partial charge in [0.25, 0.3) is 0 Å². The molecule has 2 aromatic rings. The fraction of sp³-hybridized carbons (Fsp3) is 0.231. The molecular formula is C13H13F2N3O2. The van der Waals surface area contributed by atoms with Crippen molar-refractivity contribution in [3.8, 4) is 5.69 Å². The first-order chi connectivity index (χ1) is 9.49. The van der Waals surface area contributed by atoms with Crippen LogP contribution < -0.4 is 5.73 Å². The summed E-state index contributed by atoms with van der Waals surface area (Å²) in [4.78, 5) is 15.6. The van der Waals surface area contributed by atoms with Crippen LogP contribution in [0.15, 0.2) is 18.2 Å². The Kier molecular flexibility index (Phi) is 3.69. The van der Waals surface area contributed by atoms with Crippen LogP contribution >= 0.6 is 0 Å². The minimum absolute atomic E-state index is 0.0850. The molecule has 7 heteroatoms. The van der Waals surface area contributed by atoms with E-state index in [0.29, 0.717) is 12.2 Å². The predicted molar refractivity (Wildman–Crippen MR) is 68.6 cm³/mol. The van der Waals surface area contributed by atoms with Crippen molar-refractivity contribution < 1.29 is 18.3 Å². The van der Waals surface area contributed by atoms with Crippen LogP contribution in [0, 0.1) is 11.6 Å². The fourth-order valence-corrected chi connectivity index (χ4v) is 1.89. The molecule has 0 saturated heterocycles. The van der Waals surface area contributed by atoms with Crippen LogP contribution in [0.25, 0.3) is 5.69 Å². The highest BCUT2D eigenvalue weighted by Crippen LogP contribution is 2.24. The Bertz CT molecular complexity index is 668. The minimum atomic E-state index is -0.729. The average Bonchev–Trinajstić information content (AvgIpc) is 2.77. The topological polar surface area (TPSA) is 70.1 Å². The number of methoxy groups -OCH3 is 1. The molecule has 0 amide bonds. The van der Waals surface area contributed by atoms with Crippen LogP contribution in [0.5, 0.6) is 0 Å². The number of nitrogens with two attached hydrogens (primary N) is 1. The number of esters is 1. The molecule has 0 saturated carbocycles. The number of aromatic nitrogens is 2. The Morgan fingerprint density at radius 3 is 2.75 bits per heavy atom. The smallest absolute Gasteiger partial charge is 0.360 e. The molecule has 1 aromatic heterocycles. The molecule has 0 aliphatic heterocycles. The molecule has 0 atom stereocenters. The maximum atomic E-state index is 13.9. The molecular weight excluding hydrogens is 268 g/mol. The summed E-state index contributed by atoms with van der Waals surface area (Å²) in [7, 11) is 1.19. The number of hydrogen-bond acceptors (Lipinski definition) is 4. The van der Waals surface area contributed by atoms with Crippen LogP contribution in [0.3, 0.4) is 0 Å². The predicted octanol–water partition coefficient (Wildman–Crippen LogP) is 2.08. The standard InChI is InChI=1S/C13H13F2N3O2/c1-3-10-17-11(13(19)20-2)12(16)18(10)9-6-7(14)4-5-8(9)15/h4-6H,3,16H2,1-2H3. The minimum Gasteiger partial charge on any atom is -0.464 e. The van der Waals surface area contributed by atoms with E-state index in [0.717, 1.165) is 18.2 Å². The zero-order chi connectivity index (χ0) is 14.9. The van der Waals surface area contributed by atoms with Gasteiger partial charge in [0.15, 0.2) is 5.69 Å². The van der Waals surface area contributed by atoms with Crippen molar-refractivity contribution in [3.63, 3.8) is 0 Å². The molecule has 1 heterocycles. The van der Waals surface area contributed by atoms with Gasteiger partial charge in [0.1, 0.15) is 23.3 Å². The lowest BCUT2D eigenvalue weighted by molar-refractivity contribution is 0.0595. The Labute approximate surface area is 114 Å². The summed E-state index contributed by atoms with van der Waals surface area (Å²) < 4.78 is 32.9. The first-order valence-corrected chi connectivity index (χ1v) is 5.90. The first-order valence-electron chi connectivity index (χ1n) is 5.90. The third-order valence-corrected chi connectivity index (χ3v) is 2.83. The second-order valence-electron chi connectivity index (χ2n) is 4.04. The number of rotatable bonds is 3. The van der Waals surface area contributed by atoms with Crippen LogP contribution in [-0.2, 0) is 11.2 Å². The number of anilines is 1. The zero-order valence-electron chi connectivity index (χ0n) is 11.0. The Morgan fingerprint density at radius 1 is 1.45 bits per heavy atom. The molecule has 0 aliphatic rings. The van der Waals surface area contributed by atoms with Crippen molar-refractivity contribution in [2.45, 2.75) is 13.3 Å². The van der Waals surface area contributed by atoms with Crippen LogP contribution in [-0.4, -0.2) is 22.6 Å². The lowest BCUT2D eigenvalue weighted by Gasteiger charge is -2.10. The van der Waals surface area contributed by atoms with Gasteiger partial charge in [-0.2, -0.15) is 0 Å². The van der Waals surface area contributed by atoms with Gasteiger partial charge in [0.05, 0.1) is 12.8 Å². The highest BCUT2D eigenvalue weighted by atomic mass is 19.1. The molecule has 0 unspecified atom stereocenters. The van der Waals surface area contributed by atoms with Gasteiger partial charge in [-0.25, -0.2) is 18.6 Å². The van der Waals surface area contributed by atoms with Gasteiger partial charge in [-0.05, 0) is 12.1 Å². The first kappa shape index (κ1) is 14.0. The van der Waals surface area contributed by atoms with Gasteiger partial charge in [-0.15, -0.1) is 0 Å². The number of aryl methyl sites for hydroxylation is 1. The van der Waals surface area contributed by atoms with Gasteiger partial charge < -0.3 is 10.5 Å². The number of nitrogens with zero attached hydrogens (tertiary/aromatic N) is 2. The summed E-state index contributed by atoms with van der Waals surface area (Å²) >= 11 is 0. The van der Waals surface area contributed by atoms with Crippen molar-refractivity contribution in [2.75, 3.05) is 12.8 Å². The number of hydrogen-bond donors (Lipinski definition) is 1. The number of carbonyl (C=O) groups is 1. The van der Waals surface area contributed by atoms with Crippen molar-refractivity contribution in [1.82, 2.24) is 9.55 Å². The fourth-order valence-electron chi connectivity index (χ4n) is 1.89. The Hall–Kier alpha value is -2.44. The highest BCUT2D eigenvalue weighted by Gasteiger charge is 2.22. The van der Waals surface area contributed by atoms with E-state index in [2.05, 4.69) is 9.72 Å². The van der Waals surface area contributed by atoms with Crippen molar-refractivity contribution in [2.24, 2.45) is 0 Å². The summed E-state index contributed by atoms with van der Waals surface area (Å²) in [6.45, 7) is 1.76. The monoisotopic (exact) mass is 281 g/mol. The SMILES string of the molecule is CCc1nc(C(=O)OC)c(N)n1-c1cc(F)ccc1F. The van der Waals surface area contributed by atoms with Gasteiger partial charge in [-0.3, -0.25) is 4.57 Å². The Balaban J connectivity index is 2.70. The average molecular weight is 281 g/mol. The van der Waals surface area contributed by atoms with E-state index in [4.69, 9.17) is 5.73 Å². The second-order valence-corrected chi connectivity index (χ2v) is 4.04. The molecule has 0 aliphatic carbocycles. The van der Waals surface area contributed by atoms with E-state index in [9.17, 15) is 13.6 Å². The number of nitrogen functional groups attached to an aromatic ring is 1. The van der Waals surface area contributed by atoms with Crippen LogP contribution in [0.2, 0.25) is 0 Å². The van der Waals surface area contributed by atoms with Crippen LogP contribution in [0.1, 0.15) is 23.2 Å². The summed E-state index contributed by atoms with van der Waals surface area (Å²) in [5, 5.41) is 0. The molecule has 106 valence electrons. The molecule has 2 rings (SSSR count). The van der Waals surface area contributed by atoms with Gasteiger partial charge in [0, 0.05) is 12.5 Å². The summed E-state index contributed by atoms with van der Waals surface area (Å²) in [6.07, 6.45) is 0.386. The summed E-state index contributed by atoms with van der Waals surface area (Å²) in [5.74, 6) is -1.75. The van der Waals surface area contributed by atoms with Crippen LogP contribution in [0.4, 0.5) is 14.6 Å². The largest absolute Gasteiger partial charge is 0.464 e. The molecule has 2 N–H and O–H groups in total. The van der Waals surface area contributed by atoms with E-state index in [1.54, 1.807) is 6.92 Å². The number of ether oxygens (including phenoxy) is 1. The molecule has 0 bridgehead atoms. The molecule has 0 fully saturated rings. The molecule has 0 spiro atoms. The number of carbonyl (C=O) groups excluding carboxylic acids is 1. The van der Waals surface area contributed by atoms with E-state index in [1.807, 2.05) is 0 Å². The van der Waals surface area contributed by atoms with Gasteiger partial charge in [-0.1, -0.05) is 6.92 Å². The van der Waals surface area contributed by atoms with E-state index in [-0.39, 0.29) is 17.2 Å². The maximum absolute atomic E-state index is 13.9. The molecule has 5 nitrogen and oxygen atoms in total. The maximum Gasteiger partial charge on any atom is 0.360 e. The van der Waals surface area contributed by atoms with Crippen molar-refractivity contribution >= 4 is 11.8 Å². The second kappa shape index (κ2) is 5.28. The third kappa shape index (κ3) is 2.22. The Morgan fingerprint density at radius 2 is 2.15 bits per heavy atom.